The average molecular weight is 266 g/mol. The normalized spacial score (nSPS) is 14.2. The number of carboxylic acids is 1. The fourth-order valence-corrected chi connectivity index (χ4v) is 2.05. The quantitative estimate of drug-likeness (QED) is 0.593. The highest BCUT2D eigenvalue weighted by Gasteiger charge is 2.30. The maximum absolute atomic E-state index is 10.9. The molecule has 7 nitrogen and oxygen atoms in total. The number of nitro groups is 1. The molecule has 1 aromatic rings. The molecule has 0 unspecified atom stereocenters. The molecule has 0 bridgehead atoms. The summed E-state index contributed by atoms with van der Waals surface area (Å²) in [5, 5.41) is 28.9. The molecule has 102 valence electrons. The molecule has 0 aromatic heterocycles. The number of aliphatic hydroxyl groups excluding tert-OH is 1. The summed E-state index contributed by atoms with van der Waals surface area (Å²) in [6.07, 6.45) is 1.96. The highest BCUT2D eigenvalue weighted by molar-refractivity contribution is 5.93. The van der Waals surface area contributed by atoms with Crippen LogP contribution in [0.15, 0.2) is 18.2 Å². The molecule has 0 heterocycles. The van der Waals surface area contributed by atoms with Gasteiger partial charge in [-0.3, -0.25) is 10.1 Å². The third-order valence-corrected chi connectivity index (χ3v) is 3.07. The molecule has 0 aliphatic heterocycles. The molecule has 2 rings (SSSR count). The van der Waals surface area contributed by atoms with Gasteiger partial charge in [0.2, 0.25) is 0 Å². The van der Waals surface area contributed by atoms with E-state index in [9.17, 15) is 14.9 Å². The minimum Gasteiger partial charge on any atom is -0.477 e. The van der Waals surface area contributed by atoms with E-state index in [4.69, 9.17) is 10.2 Å². The molecule has 0 atom stereocenters. The van der Waals surface area contributed by atoms with Crippen LogP contribution >= 0.6 is 0 Å². The number of rotatable bonds is 6. The van der Waals surface area contributed by atoms with E-state index in [1.807, 2.05) is 4.90 Å². The first kappa shape index (κ1) is 13.3. The van der Waals surface area contributed by atoms with Gasteiger partial charge < -0.3 is 15.1 Å². The van der Waals surface area contributed by atoms with Crippen molar-refractivity contribution < 1.29 is 19.9 Å². The van der Waals surface area contributed by atoms with Gasteiger partial charge in [0, 0.05) is 24.3 Å². The summed E-state index contributed by atoms with van der Waals surface area (Å²) in [7, 11) is 0. The van der Waals surface area contributed by atoms with Crippen LogP contribution in [0.25, 0.3) is 0 Å². The molecule has 7 heteroatoms. The second-order valence-electron chi connectivity index (χ2n) is 4.41. The van der Waals surface area contributed by atoms with Gasteiger partial charge in [0.25, 0.3) is 5.69 Å². The number of nitro benzene ring substituents is 1. The number of hydrogen-bond donors (Lipinski definition) is 2. The molecule has 1 aromatic carbocycles. The van der Waals surface area contributed by atoms with E-state index < -0.39 is 16.6 Å². The van der Waals surface area contributed by atoms with Crippen molar-refractivity contribution in [2.45, 2.75) is 18.9 Å². The zero-order valence-corrected chi connectivity index (χ0v) is 10.2. The predicted molar refractivity (Wildman–Crippen MR) is 67.5 cm³/mol. The lowest BCUT2D eigenvalue weighted by Gasteiger charge is -2.23. The average Bonchev–Trinajstić information content (AvgIpc) is 3.19. The molecule has 0 amide bonds. The van der Waals surface area contributed by atoms with Gasteiger partial charge in [-0.2, -0.15) is 0 Å². The van der Waals surface area contributed by atoms with E-state index in [2.05, 4.69) is 0 Å². The van der Waals surface area contributed by atoms with Gasteiger partial charge in [-0.25, -0.2) is 4.79 Å². The monoisotopic (exact) mass is 266 g/mol. The fourth-order valence-electron chi connectivity index (χ4n) is 2.05. The second kappa shape index (κ2) is 5.23. The van der Waals surface area contributed by atoms with Crippen LogP contribution < -0.4 is 4.90 Å². The van der Waals surface area contributed by atoms with Crippen molar-refractivity contribution in [3.8, 4) is 0 Å². The molecule has 1 aliphatic carbocycles. The topological polar surface area (TPSA) is 104 Å². The van der Waals surface area contributed by atoms with Gasteiger partial charge in [-0.1, -0.05) is 0 Å². The summed E-state index contributed by atoms with van der Waals surface area (Å²) in [5.41, 5.74) is -0.171. The van der Waals surface area contributed by atoms with Gasteiger partial charge in [0.1, 0.15) is 5.56 Å². The van der Waals surface area contributed by atoms with Crippen LogP contribution in [-0.2, 0) is 0 Å². The van der Waals surface area contributed by atoms with E-state index in [1.54, 1.807) is 6.07 Å². The Hall–Kier alpha value is -2.15. The molecule has 19 heavy (non-hydrogen) atoms. The van der Waals surface area contributed by atoms with E-state index in [1.165, 1.54) is 12.1 Å². The number of aromatic carboxylic acids is 1. The summed E-state index contributed by atoms with van der Waals surface area (Å²) in [6, 6.07) is 4.33. The summed E-state index contributed by atoms with van der Waals surface area (Å²) in [4.78, 5) is 23.0. The Bertz CT molecular complexity index is 513. The van der Waals surface area contributed by atoms with E-state index in [0.29, 0.717) is 12.2 Å². The second-order valence-corrected chi connectivity index (χ2v) is 4.41. The van der Waals surface area contributed by atoms with Crippen molar-refractivity contribution in [2.75, 3.05) is 18.1 Å². The van der Waals surface area contributed by atoms with Crippen molar-refractivity contribution in [3.05, 3.63) is 33.9 Å². The number of carboxylic acid groups (broad SMARTS) is 1. The first-order chi connectivity index (χ1) is 9.04. The summed E-state index contributed by atoms with van der Waals surface area (Å²) >= 11 is 0. The number of carbonyl (C=O) groups is 1. The summed E-state index contributed by atoms with van der Waals surface area (Å²) < 4.78 is 0. The maximum atomic E-state index is 10.9. The van der Waals surface area contributed by atoms with Crippen molar-refractivity contribution in [2.24, 2.45) is 0 Å². The Kier molecular flexibility index (Phi) is 3.66. The first-order valence-corrected chi connectivity index (χ1v) is 5.94. The first-order valence-electron chi connectivity index (χ1n) is 5.94. The van der Waals surface area contributed by atoms with Gasteiger partial charge in [-0.15, -0.1) is 0 Å². The maximum Gasteiger partial charge on any atom is 0.342 e. The minimum atomic E-state index is -1.32. The summed E-state index contributed by atoms with van der Waals surface area (Å²) in [5.74, 6) is -1.32. The molecule has 1 saturated carbocycles. The van der Waals surface area contributed by atoms with Crippen LogP contribution in [0, 0.1) is 10.1 Å². The zero-order valence-electron chi connectivity index (χ0n) is 10.2. The Balaban J connectivity index is 2.38. The number of benzene rings is 1. The molecular formula is C12H14N2O5. The number of aliphatic hydroxyl groups is 1. The summed E-state index contributed by atoms with van der Waals surface area (Å²) in [6.45, 7) is 0.333. The number of hydrogen-bond acceptors (Lipinski definition) is 5. The Morgan fingerprint density at radius 1 is 1.47 bits per heavy atom. The molecular weight excluding hydrogens is 252 g/mol. The highest BCUT2D eigenvalue weighted by atomic mass is 16.6. The van der Waals surface area contributed by atoms with Crippen LogP contribution in [0.2, 0.25) is 0 Å². The fraction of sp³-hybridized carbons (Fsp3) is 0.417. The predicted octanol–water partition coefficient (Wildman–Crippen LogP) is 1.25. The molecule has 1 fully saturated rings. The van der Waals surface area contributed by atoms with Crippen LogP contribution in [0.4, 0.5) is 11.4 Å². The Morgan fingerprint density at radius 3 is 2.63 bits per heavy atom. The van der Waals surface area contributed by atoms with Gasteiger partial charge in [0.15, 0.2) is 0 Å². The third-order valence-electron chi connectivity index (χ3n) is 3.07. The lowest BCUT2D eigenvalue weighted by molar-refractivity contribution is -0.385. The highest BCUT2D eigenvalue weighted by Crippen LogP contribution is 2.34. The third kappa shape index (κ3) is 2.82. The molecule has 0 spiro atoms. The lowest BCUT2D eigenvalue weighted by Crippen LogP contribution is -2.29. The Morgan fingerprint density at radius 2 is 2.16 bits per heavy atom. The van der Waals surface area contributed by atoms with E-state index in [-0.39, 0.29) is 18.2 Å². The minimum absolute atomic E-state index is 0.0506. The van der Waals surface area contributed by atoms with Crippen LogP contribution in [-0.4, -0.2) is 40.3 Å². The van der Waals surface area contributed by atoms with Gasteiger partial charge >= 0.3 is 5.97 Å². The van der Waals surface area contributed by atoms with Crippen LogP contribution in [0.1, 0.15) is 23.2 Å². The number of nitrogens with zero attached hydrogens (tertiary/aromatic N) is 2. The van der Waals surface area contributed by atoms with Crippen molar-refractivity contribution >= 4 is 17.3 Å². The Labute approximate surface area is 109 Å². The molecule has 0 saturated heterocycles. The van der Waals surface area contributed by atoms with Crippen molar-refractivity contribution in [1.82, 2.24) is 0 Å². The van der Waals surface area contributed by atoms with E-state index >= 15 is 0 Å². The van der Waals surface area contributed by atoms with Crippen molar-refractivity contribution in [1.29, 1.82) is 0 Å². The smallest absolute Gasteiger partial charge is 0.342 e. The largest absolute Gasteiger partial charge is 0.477 e. The SMILES string of the molecule is O=C(O)c1ccc(N(CCO)C2CC2)cc1[N+](=O)[O-]. The number of anilines is 1. The van der Waals surface area contributed by atoms with Crippen LogP contribution in [0.3, 0.4) is 0 Å². The molecule has 0 radical (unpaired) electrons. The standard InChI is InChI=1S/C12H14N2O5/c15-6-5-13(8-1-2-8)9-3-4-10(12(16)17)11(7-9)14(18)19/h3-4,7-8,15H,1-2,5-6H2,(H,16,17). The molecule has 2 N–H and O–H groups in total. The van der Waals surface area contributed by atoms with Gasteiger partial charge in [-0.05, 0) is 25.0 Å². The lowest BCUT2D eigenvalue weighted by atomic mass is 10.1. The zero-order chi connectivity index (χ0) is 14.0. The van der Waals surface area contributed by atoms with Crippen molar-refractivity contribution in [3.63, 3.8) is 0 Å². The molecule has 1 aliphatic rings. The van der Waals surface area contributed by atoms with Gasteiger partial charge in [0.05, 0.1) is 11.5 Å². The van der Waals surface area contributed by atoms with E-state index in [0.717, 1.165) is 12.8 Å². The van der Waals surface area contributed by atoms with Crippen LogP contribution in [0.5, 0.6) is 0 Å².